The standard InChI is InChI=1S/C20H23N3O4S/c24-20-8-14-12-28-6-3-15(14)22-23(20)17-11-25-10-16(17)21-9-13-1-2-18-19(7-13)27-5-4-26-18/h1-2,7-8,16-17,21H,3-6,9-12H2. The smallest absolute Gasteiger partial charge is 0.267 e. The maximum absolute atomic E-state index is 12.6. The molecule has 0 amide bonds. The molecule has 4 heterocycles. The molecule has 3 aliphatic heterocycles. The number of aryl methyl sites for hydroxylation is 1. The van der Waals surface area contributed by atoms with Crippen molar-refractivity contribution in [1.29, 1.82) is 0 Å². The normalized spacial score (nSPS) is 23.4. The quantitative estimate of drug-likeness (QED) is 0.833. The Balaban J connectivity index is 1.32. The third-order valence-electron chi connectivity index (χ3n) is 5.40. The Hall–Kier alpha value is -2.03. The average Bonchev–Trinajstić information content (AvgIpc) is 3.20. The highest BCUT2D eigenvalue weighted by Crippen LogP contribution is 2.31. The first-order chi connectivity index (χ1) is 13.8. The third-order valence-corrected chi connectivity index (χ3v) is 6.41. The lowest BCUT2D eigenvalue weighted by Gasteiger charge is -2.23. The molecule has 2 unspecified atom stereocenters. The van der Waals surface area contributed by atoms with Crippen molar-refractivity contribution >= 4 is 11.8 Å². The first kappa shape index (κ1) is 18.0. The van der Waals surface area contributed by atoms with Crippen LogP contribution in [0.25, 0.3) is 0 Å². The molecule has 1 N–H and O–H groups in total. The van der Waals surface area contributed by atoms with Gasteiger partial charge in [-0.15, -0.1) is 0 Å². The van der Waals surface area contributed by atoms with E-state index in [2.05, 4.69) is 5.32 Å². The Kier molecular flexibility index (Phi) is 5.00. The average molecular weight is 401 g/mol. The largest absolute Gasteiger partial charge is 0.486 e. The van der Waals surface area contributed by atoms with E-state index in [4.69, 9.17) is 19.3 Å². The van der Waals surface area contributed by atoms with Gasteiger partial charge in [-0.1, -0.05) is 6.07 Å². The van der Waals surface area contributed by atoms with Gasteiger partial charge in [-0.25, -0.2) is 4.68 Å². The number of hydrogen-bond acceptors (Lipinski definition) is 7. The molecule has 2 atom stereocenters. The summed E-state index contributed by atoms with van der Waals surface area (Å²) in [5.74, 6) is 3.52. The fourth-order valence-corrected chi connectivity index (χ4v) is 4.84. The predicted octanol–water partition coefficient (Wildman–Crippen LogP) is 1.53. The summed E-state index contributed by atoms with van der Waals surface area (Å²) in [7, 11) is 0. The first-order valence-corrected chi connectivity index (χ1v) is 10.8. The number of ether oxygens (including phenoxy) is 3. The fourth-order valence-electron chi connectivity index (χ4n) is 3.89. The molecule has 1 aromatic carbocycles. The van der Waals surface area contributed by atoms with Crippen LogP contribution in [0.3, 0.4) is 0 Å². The Labute approximate surface area is 167 Å². The van der Waals surface area contributed by atoms with Crippen LogP contribution in [0.5, 0.6) is 11.5 Å². The minimum absolute atomic E-state index is 0.0365. The summed E-state index contributed by atoms with van der Waals surface area (Å²) in [4.78, 5) is 12.6. The second kappa shape index (κ2) is 7.77. The molecule has 1 aromatic heterocycles. The highest BCUT2D eigenvalue weighted by Gasteiger charge is 2.32. The Morgan fingerprint density at radius 2 is 2.07 bits per heavy atom. The molecule has 148 valence electrons. The topological polar surface area (TPSA) is 74.6 Å². The molecule has 7 nitrogen and oxygen atoms in total. The molecule has 0 aliphatic carbocycles. The Bertz CT molecular complexity index is 932. The van der Waals surface area contributed by atoms with Crippen molar-refractivity contribution in [3.05, 3.63) is 51.4 Å². The van der Waals surface area contributed by atoms with Gasteiger partial charge < -0.3 is 19.5 Å². The number of benzene rings is 1. The van der Waals surface area contributed by atoms with Crippen molar-refractivity contribution in [3.8, 4) is 11.5 Å². The van der Waals surface area contributed by atoms with Crippen LogP contribution in [0, 0.1) is 0 Å². The molecule has 8 heteroatoms. The van der Waals surface area contributed by atoms with Crippen molar-refractivity contribution < 1.29 is 14.2 Å². The third kappa shape index (κ3) is 3.52. The van der Waals surface area contributed by atoms with Gasteiger partial charge in [0.15, 0.2) is 11.5 Å². The Morgan fingerprint density at radius 1 is 1.18 bits per heavy atom. The summed E-state index contributed by atoms with van der Waals surface area (Å²) in [6.45, 7) is 2.90. The van der Waals surface area contributed by atoms with Gasteiger partial charge in [0.2, 0.25) is 0 Å². The van der Waals surface area contributed by atoms with Gasteiger partial charge in [-0.2, -0.15) is 16.9 Å². The van der Waals surface area contributed by atoms with Crippen molar-refractivity contribution in [1.82, 2.24) is 15.1 Å². The van der Waals surface area contributed by atoms with E-state index >= 15 is 0 Å². The van der Waals surface area contributed by atoms with E-state index in [9.17, 15) is 4.79 Å². The van der Waals surface area contributed by atoms with E-state index < -0.39 is 0 Å². The summed E-state index contributed by atoms with van der Waals surface area (Å²) in [5, 5.41) is 8.23. The lowest BCUT2D eigenvalue weighted by Crippen LogP contribution is -2.41. The van der Waals surface area contributed by atoms with Crippen LogP contribution in [-0.2, 0) is 23.5 Å². The van der Waals surface area contributed by atoms with Crippen LogP contribution in [0.1, 0.15) is 22.9 Å². The molecule has 0 bridgehead atoms. The number of rotatable bonds is 4. The van der Waals surface area contributed by atoms with Crippen molar-refractivity contribution in [2.24, 2.45) is 0 Å². The van der Waals surface area contributed by atoms with E-state index in [-0.39, 0.29) is 17.6 Å². The first-order valence-electron chi connectivity index (χ1n) is 9.67. The van der Waals surface area contributed by atoms with Crippen molar-refractivity contribution in [2.75, 3.05) is 32.2 Å². The monoisotopic (exact) mass is 401 g/mol. The van der Waals surface area contributed by atoms with Gasteiger partial charge in [-0.3, -0.25) is 4.79 Å². The van der Waals surface area contributed by atoms with E-state index in [1.165, 1.54) is 0 Å². The van der Waals surface area contributed by atoms with Crippen LogP contribution < -0.4 is 20.3 Å². The molecule has 0 radical (unpaired) electrons. The lowest BCUT2D eigenvalue weighted by atomic mass is 10.1. The van der Waals surface area contributed by atoms with Crippen LogP contribution in [0.15, 0.2) is 29.1 Å². The van der Waals surface area contributed by atoms with Gasteiger partial charge in [-0.05, 0) is 29.0 Å². The lowest BCUT2D eigenvalue weighted by molar-refractivity contribution is 0.171. The summed E-state index contributed by atoms with van der Waals surface area (Å²) in [5.41, 5.74) is 3.20. The molecule has 28 heavy (non-hydrogen) atoms. The van der Waals surface area contributed by atoms with Crippen LogP contribution in [0.4, 0.5) is 0 Å². The number of thioether (sulfide) groups is 1. The highest BCUT2D eigenvalue weighted by molar-refractivity contribution is 7.98. The molecule has 0 spiro atoms. The second-order valence-electron chi connectivity index (χ2n) is 7.27. The summed E-state index contributed by atoms with van der Waals surface area (Å²) in [6.07, 6.45) is 0.920. The number of nitrogens with one attached hydrogen (secondary N) is 1. The maximum atomic E-state index is 12.6. The van der Waals surface area contributed by atoms with Crippen molar-refractivity contribution in [2.45, 2.75) is 30.8 Å². The minimum Gasteiger partial charge on any atom is -0.486 e. The number of nitrogens with zero attached hydrogens (tertiary/aromatic N) is 2. The summed E-state index contributed by atoms with van der Waals surface area (Å²) < 4.78 is 18.6. The maximum Gasteiger partial charge on any atom is 0.267 e. The van der Waals surface area contributed by atoms with E-state index in [0.29, 0.717) is 33.0 Å². The molecule has 2 aromatic rings. The molecular formula is C20H23N3O4S. The summed E-state index contributed by atoms with van der Waals surface area (Å²) in [6, 6.07) is 7.69. The van der Waals surface area contributed by atoms with Crippen LogP contribution >= 0.6 is 11.8 Å². The molecule has 5 rings (SSSR count). The molecule has 1 fully saturated rings. The van der Waals surface area contributed by atoms with Crippen molar-refractivity contribution in [3.63, 3.8) is 0 Å². The van der Waals surface area contributed by atoms with E-state index in [1.54, 1.807) is 10.7 Å². The SMILES string of the molecule is O=c1cc2c(nn1C1COCC1NCc1ccc3c(c1)OCCO3)CCSC2. The summed E-state index contributed by atoms with van der Waals surface area (Å²) >= 11 is 1.86. The van der Waals surface area contributed by atoms with Gasteiger partial charge in [0.25, 0.3) is 5.56 Å². The number of fused-ring (bicyclic) bond motifs is 2. The van der Waals surface area contributed by atoms with Gasteiger partial charge in [0.1, 0.15) is 13.2 Å². The molecule has 3 aliphatic rings. The zero-order valence-electron chi connectivity index (χ0n) is 15.6. The van der Waals surface area contributed by atoms with Gasteiger partial charge in [0, 0.05) is 24.8 Å². The molecular weight excluding hydrogens is 378 g/mol. The Morgan fingerprint density at radius 3 is 3.00 bits per heavy atom. The zero-order valence-corrected chi connectivity index (χ0v) is 16.4. The molecule has 1 saturated heterocycles. The van der Waals surface area contributed by atoms with Gasteiger partial charge >= 0.3 is 0 Å². The second-order valence-corrected chi connectivity index (χ2v) is 8.38. The highest BCUT2D eigenvalue weighted by atomic mass is 32.2. The fraction of sp³-hybridized carbons (Fsp3) is 0.500. The van der Waals surface area contributed by atoms with Crippen LogP contribution in [-0.4, -0.2) is 48.0 Å². The number of hydrogen-bond donors (Lipinski definition) is 1. The molecule has 0 saturated carbocycles. The van der Waals surface area contributed by atoms with Gasteiger partial charge in [0.05, 0.1) is 31.0 Å². The number of aromatic nitrogens is 2. The minimum atomic E-state index is -0.0930. The van der Waals surface area contributed by atoms with E-state index in [0.717, 1.165) is 46.2 Å². The zero-order chi connectivity index (χ0) is 18.9. The van der Waals surface area contributed by atoms with Crippen LogP contribution in [0.2, 0.25) is 0 Å². The predicted molar refractivity (Wildman–Crippen MR) is 106 cm³/mol. The van der Waals surface area contributed by atoms with E-state index in [1.807, 2.05) is 30.0 Å².